The molecule has 0 saturated heterocycles. The van der Waals surface area contributed by atoms with Crippen molar-refractivity contribution in [1.82, 2.24) is 4.98 Å². The molecule has 0 bridgehead atoms. The van der Waals surface area contributed by atoms with E-state index in [0.29, 0.717) is 0 Å². The second kappa shape index (κ2) is 6.05. The number of nitrogens with one attached hydrogen (secondary N) is 1. The highest BCUT2D eigenvalue weighted by Gasteiger charge is 2.30. The lowest BCUT2D eigenvalue weighted by molar-refractivity contribution is 0.215. The average Bonchev–Trinajstić information content (AvgIpc) is 2.46. The standard InChI is InChI=1S/C14H23N3O/c1-18-12-6-5-9-16-13(12)17-11-14(10-15)7-3-2-4-8-14/h5-6,9H,2-4,7-8,10-11,15H2,1H3,(H,16,17). The summed E-state index contributed by atoms with van der Waals surface area (Å²) >= 11 is 0. The van der Waals surface area contributed by atoms with Crippen molar-refractivity contribution in [3.05, 3.63) is 18.3 Å². The Bertz CT molecular complexity index is 375. The lowest BCUT2D eigenvalue weighted by Crippen LogP contribution is -2.39. The van der Waals surface area contributed by atoms with Crippen LogP contribution in [0.4, 0.5) is 5.82 Å². The van der Waals surface area contributed by atoms with Crippen LogP contribution < -0.4 is 15.8 Å². The van der Waals surface area contributed by atoms with E-state index in [4.69, 9.17) is 10.5 Å². The van der Waals surface area contributed by atoms with E-state index in [9.17, 15) is 0 Å². The molecule has 4 nitrogen and oxygen atoms in total. The summed E-state index contributed by atoms with van der Waals surface area (Å²) in [5.74, 6) is 1.61. The fraction of sp³-hybridized carbons (Fsp3) is 0.643. The molecule has 0 aliphatic heterocycles. The predicted molar refractivity (Wildman–Crippen MR) is 73.9 cm³/mol. The molecule has 1 aliphatic carbocycles. The van der Waals surface area contributed by atoms with Crippen LogP contribution in [0.1, 0.15) is 32.1 Å². The summed E-state index contributed by atoms with van der Waals surface area (Å²) in [6.07, 6.45) is 8.13. The maximum absolute atomic E-state index is 5.98. The first kappa shape index (κ1) is 13.1. The Labute approximate surface area is 109 Å². The van der Waals surface area contributed by atoms with Gasteiger partial charge in [-0.2, -0.15) is 0 Å². The van der Waals surface area contributed by atoms with E-state index in [2.05, 4.69) is 10.3 Å². The van der Waals surface area contributed by atoms with Crippen molar-refractivity contribution in [2.45, 2.75) is 32.1 Å². The van der Waals surface area contributed by atoms with Crippen molar-refractivity contribution < 1.29 is 4.74 Å². The number of rotatable bonds is 5. The monoisotopic (exact) mass is 249 g/mol. The minimum atomic E-state index is 0.237. The van der Waals surface area contributed by atoms with Crippen LogP contribution in [0.5, 0.6) is 5.75 Å². The number of nitrogens with two attached hydrogens (primary N) is 1. The minimum Gasteiger partial charge on any atom is -0.493 e. The fourth-order valence-corrected chi connectivity index (χ4v) is 2.71. The average molecular weight is 249 g/mol. The number of hydrogen-bond acceptors (Lipinski definition) is 4. The maximum Gasteiger partial charge on any atom is 0.168 e. The normalized spacial score (nSPS) is 18.3. The molecule has 0 radical (unpaired) electrons. The topological polar surface area (TPSA) is 60.2 Å². The zero-order valence-electron chi connectivity index (χ0n) is 11.1. The molecular weight excluding hydrogens is 226 g/mol. The van der Waals surface area contributed by atoms with Gasteiger partial charge in [-0.3, -0.25) is 0 Å². The van der Waals surface area contributed by atoms with Gasteiger partial charge >= 0.3 is 0 Å². The van der Waals surface area contributed by atoms with E-state index in [0.717, 1.165) is 24.7 Å². The molecule has 0 unspecified atom stereocenters. The van der Waals surface area contributed by atoms with Gasteiger partial charge in [-0.25, -0.2) is 4.98 Å². The van der Waals surface area contributed by atoms with E-state index in [1.165, 1.54) is 32.1 Å². The first-order valence-electron chi connectivity index (χ1n) is 6.73. The van der Waals surface area contributed by atoms with E-state index >= 15 is 0 Å². The van der Waals surface area contributed by atoms with Crippen molar-refractivity contribution >= 4 is 5.82 Å². The first-order chi connectivity index (χ1) is 8.79. The summed E-state index contributed by atoms with van der Waals surface area (Å²) < 4.78 is 5.30. The summed E-state index contributed by atoms with van der Waals surface area (Å²) in [4.78, 5) is 4.32. The summed E-state index contributed by atoms with van der Waals surface area (Å²) in [6.45, 7) is 1.63. The number of aromatic nitrogens is 1. The Kier molecular flexibility index (Phi) is 4.42. The zero-order chi connectivity index (χ0) is 12.8. The van der Waals surface area contributed by atoms with E-state index < -0.39 is 0 Å². The van der Waals surface area contributed by atoms with Crippen molar-refractivity contribution in [1.29, 1.82) is 0 Å². The Morgan fingerprint density at radius 3 is 2.83 bits per heavy atom. The van der Waals surface area contributed by atoms with Gasteiger partial charge in [0, 0.05) is 12.7 Å². The molecule has 1 fully saturated rings. The van der Waals surface area contributed by atoms with Gasteiger partial charge in [0.1, 0.15) is 0 Å². The van der Waals surface area contributed by atoms with Gasteiger partial charge in [-0.1, -0.05) is 19.3 Å². The van der Waals surface area contributed by atoms with Crippen LogP contribution in [0.15, 0.2) is 18.3 Å². The van der Waals surface area contributed by atoms with Gasteiger partial charge in [0.15, 0.2) is 11.6 Å². The SMILES string of the molecule is COc1cccnc1NCC1(CN)CCCCC1. The van der Waals surface area contributed by atoms with Gasteiger partial charge in [0.05, 0.1) is 7.11 Å². The van der Waals surface area contributed by atoms with E-state index in [1.54, 1.807) is 13.3 Å². The molecule has 0 spiro atoms. The van der Waals surface area contributed by atoms with E-state index in [1.807, 2.05) is 12.1 Å². The molecule has 100 valence electrons. The summed E-state index contributed by atoms with van der Waals surface area (Å²) in [6, 6.07) is 3.80. The molecule has 0 amide bonds. The van der Waals surface area contributed by atoms with Crippen LogP contribution in [-0.2, 0) is 0 Å². The summed E-state index contributed by atoms with van der Waals surface area (Å²) in [5, 5.41) is 3.41. The molecule has 1 saturated carbocycles. The van der Waals surface area contributed by atoms with Crippen LogP contribution in [0.2, 0.25) is 0 Å². The molecule has 0 atom stereocenters. The Morgan fingerprint density at radius 1 is 1.39 bits per heavy atom. The lowest BCUT2D eigenvalue weighted by atomic mass is 9.74. The van der Waals surface area contributed by atoms with Gasteiger partial charge in [0.2, 0.25) is 0 Å². The number of ether oxygens (including phenoxy) is 1. The highest BCUT2D eigenvalue weighted by Crippen LogP contribution is 2.36. The third-order valence-corrected chi connectivity index (χ3v) is 3.97. The number of hydrogen-bond donors (Lipinski definition) is 2. The molecule has 1 aliphatic rings. The quantitative estimate of drug-likeness (QED) is 0.841. The lowest BCUT2D eigenvalue weighted by Gasteiger charge is -2.36. The number of methoxy groups -OCH3 is 1. The fourth-order valence-electron chi connectivity index (χ4n) is 2.71. The summed E-state index contributed by atoms with van der Waals surface area (Å²) in [5.41, 5.74) is 6.22. The van der Waals surface area contributed by atoms with Crippen LogP contribution in [-0.4, -0.2) is 25.2 Å². The number of anilines is 1. The first-order valence-corrected chi connectivity index (χ1v) is 6.73. The van der Waals surface area contributed by atoms with Crippen LogP contribution in [0.3, 0.4) is 0 Å². The third-order valence-electron chi connectivity index (χ3n) is 3.97. The molecule has 18 heavy (non-hydrogen) atoms. The smallest absolute Gasteiger partial charge is 0.168 e. The van der Waals surface area contributed by atoms with Crippen LogP contribution in [0, 0.1) is 5.41 Å². The molecule has 2 rings (SSSR count). The molecule has 4 heteroatoms. The molecule has 1 aromatic heterocycles. The van der Waals surface area contributed by atoms with Crippen molar-refractivity contribution in [3.63, 3.8) is 0 Å². The molecule has 1 heterocycles. The molecule has 1 aromatic rings. The van der Waals surface area contributed by atoms with Crippen molar-refractivity contribution in [2.75, 3.05) is 25.5 Å². The summed E-state index contributed by atoms with van der Waals surface area (Å²) in [7, 11) is 1.67. The van der Waals surface area contributed by atoms with Crippen molar-refractivity contribution in [3.8, 4) is 5.75 Å². The molecule has 3 N–H and O–H groups in total. The molecular formula is C14H23N3O. The Balaban J connectivity index is 2.01. The maximum atomic E-state index is 5.98. The predicted octanol–water partition coefficient (Wildman–Crippen LogP) is 2.41. The van der Waals surface area contributed by atoms with Gasteiger partial charge < -0.3 is 15.8 Å². The highest BCUT2D eigenvalue weighted by atomic mass is 16.5. The van der Waals surface area contributed by atoms with Crippen molar-refractivity contribution in [2.24, 2.45) is 11.1 Å². The molecule has 0 aromatic carbocycles. The van der Waals surface area contributed by atoms with Gasteiger partial charge in [-0.05, 0) is 36.9 Å². The zero-order valence-corrected chi connectivity index (χ0v) is 11.1. The highest BCUT2D eigenvalue weighted by molar-refractivity contribution is 5.49. The second-order valence-corrected chi connectivity index (χ2v) is 5.17. The Morgan fingerprint density at radius 2 is 2.17 bits per heavy atom. The largest absolute Gasteiger partial charge is 0.493 e. The van der Waals surface area contributed by atoms with Gasteiger partial charge in [-0.15, -0.1) is 0 Å². The Hall–Kier alpha value is -1.29. The van der Waals surface area contributed by atoms with Crippen LogP contribution in [0.25, 0.3) is 0 Å². The van der Waals surface area contributed by atoms with Gasteiger partial charge in [0.25, 0.3) is 0 Å². The number of pyridine rings is 1. The number of nitrogens with zero attached hydrogens (tertiary/aromatic N) is 1. The van der Waals surface area contributed by atoms with Crippen LogP contribution >= 0.6 is 0 Å². The minimum absolute atomic E-state index is 0.237. The second-order valence-electron chi connectivity index (χ2n) is 5.17. The van der Waals surface area contributed by atoms with E-state index in [-0.39, 0.29) is 5.41 Å². The third kappa shape index (κ3) is 2.93.